The molecule has 2 aliphatic rings. The van der Waals surface area contributed by atoms with Gasteiger partial charge in [0.15, 0.2) is 0 Å². The first-order valence-electron chi connectivity index (χ1n) is 10.7. The molecule has 0 radical (unpaired) electrons. The SMILES string of the molecule is CC(=O)O.O=C(NCc1cccc(-c2nn[nH]n2)c1)[C@H]1[C@@H]2CNC[C@@H](C2)c2cccc(=O)n21. The van der Waals surface area contributed by atoms with E-state index in [1.165, 1.54) is 6.07 Å². The second kappa shape index (κ2) is 9.74. The molecule has 0 unspecified atom stereocenters. The molecule has 1 saturated heterocycles. The molecule has 11 nitrogen and oxygen atoms in total. The summed E-state index contributed by atoms with van der Waals surface area (Å²) < 4.78 is 1.70. The molecule has 33 heavy (non-hydrogen) atoms. The Morgan fingerprint density at radius 2 is 2.00 bits per heavy atom. The number of tetrazole rings is 1. The molecule has 11 heteroatoms. The predicted octanol–water partition coefficient (Wildman–Crippen LogP) is 0.683. The standard InChI is InChI=1S/C20H21N7O2.C2H4O2/c28-17-6-2-5-16-14-8-15(11-21-10-14)18(27(16)17)20(29)22-9-12-3-1-4-13(7-12)19-23-25-26-24-19;1-2(3)4/h1-7,14-15,18,21H,8-11H2,(H,22,29)(H,23,24,25,26);1H3,(H,3,4)/t14-,15+,18-;/m1./s1. The van der Waals surface area contributed by atoms with Crippen LogP contribution in [0.1, 0.15) is 36.6 Å². The fraction of sp³-hybridized carbons (Fsp3) is 0.364. The Labute approximate surface area is 189 Å². The maximum atomic E-state index is 13.2. The number of carbonyl (C=O) groups excluding carboxylic acids is 1. The van der Waals surface area contributed by atoms with Crippen LogP contribution in [0.25, 0.3) is 11.4 Å². The van der Waals surface area contributed by atoms with Crippen LogP contribution < -0.4 is 16.2 Å². The van der Waals surface area contributed by atoms with Gasteiger partial charge < -0.3 is 15.7 Å². The summed E-state index contributed by atoms with van der Waals surface area (Å²) in [7, 11) is 0. The topological polar surface area (TPSA) is 155 Å². The van der Waals surface area contributed by atoms with Crippen molar-refractivity contribution in [3.63, 3.8) is 0 Å². The van der Waals surface area contributed by atoms with Gasteiger partial charge in [-0.2, -0.15) is 5.21 Å². The third kappa shape index (κ3) is 4.98. The zero-order valence-electron chi connectivity index (χ0n) is 18.1. The molecule has 0 aliphatic carbocycles. The first-order chi connectivity index (χ1) is 15.9. The van der Waals surface area contributed by atoms with Gasteiger partial charge in [0.1, 0.15) is 6.04 Å². The molecule has 0 spiro atoms. The summed E-state index contributed by atoms with van der Waals surface area (Å²) in [5.74, 6) is -0.0766. The summed E-state index contributed by atoms with van der Waals surface area (Å²) in [5.41, 5.74) is 2.58. The number of pyridine rings is 1. The Kier molecular flexibility index (Phi) is 6.59. The van der Waals surface area contributed by atoms with Crippen LogP contribution in [0, 0.1) is 5.92 Å². The van der Waals surface area contributed by atoms with E-state index in [4.69, 9.17) is 9.90 Å². The van der Waals surface area contributed by atoms with Crippen LogP contribution >= 0.6 is 0 Å². The van der Waals surface area contributed by atoms with E-state index in [1.807, 2.05) is 30.3 Å². The number of aliphatic carboxylic acids is 1. The molecule has 0 saturated carbocycles. The van der Waals surface area contributed by atoms with Crippen molar-refractivity contribution in [2.75, 3.05) is 13.1 Å². The molecule has 1 fully saturated rings. The highest BCUT2D eigenvalue weighted by Gasteiger charge is 2.41. The molecule has 1 amide bonds. The maximum Gasteiger partial charge on any atom is 0.300 e. The molecular weight excluding hydrogens is 426 g/mol. The number of hydrogen-bond acceptors (Lipinski definition) is 7. The predicted molar refractivity (Wildman–Crippen MR) is 118 cm³/mol. The molecule has 2 aromatic heterocycles. The average Bonchev–Trinajstić information content (AvgIpc) is 3.34. The summed E-state index contributed by atoms with van der Waals surface area (Å²) in [6.45, 7) is 3.03. The monoisotopic (exact) mass is 451 g/mol. The number of fused-ring (bicyclic) bond motifs is 4. The molecule has 172 valence electrons. The number of H-pyrrole nitrogens is 1. The molecule has 3 aromatic rings. The number of benzene rings is 1. The second-order valence-corrected chi connectivity index (χ2v) is 8.13. The van der Waals surface area contributed by atoms with Gasteiger partial charge in [0, 0.05) is 55.7 Å². The lowest BCUT2D eigenvalue weighted by Crippen LogP contribution is -2.52. The van der Waals surface area contributed by atoms with Crippen molar-refractivity contribution in [2.45, 2.75) is 31.8 Å². The summed E-state index contributed by atoms with van der Waals surface area (Å²) in [4.78, 5) is 34.8. The van der Waals surface area contributed by atoms with Gasteiger partial charge in [-0.1, -0.05) is 24.3 Å². The number of aromatic nitrogens is 5. The van der Waals surface area contributed by atoms with Crippen LogP contribution in [0.2, 0.25) is 0 Å². The van der Waals surface area contributed by atoms with Gasteiger partial charge >= 0.3 is 0 Å². The van der Waals surface area contributed by atoms with Crippen LogP contribution in [0.4, 0.5) is 0 Å². The number of aromatic amines is 1. The summed E-state index contributed by atoms with van der Waals surface area (Å²) in [6, 6.07) is 12.4. The normalized spacial score (nSPS) is 20.7. The maximum absolute atomic E-state index is 13.2. The second-order valence-electron chi connectivity index (χ2n) is 8.13. The highest BCUT2D eigenvalue weighted by molar-refractivity contribution is 5.81. The van der Waals surface area contributed by atoms with Gasteiger partial charge in [-0.3, -0.25) is 19.0 Å². The Hall–Kier alpha value is -3.86. The van der Waals surface area contributed by atoms with Gasteiger partial charge in [-0.05, 0) is 29.3 Å². The van der Waals surface area contributed by atoms with E-state index in [0.29, 0.717) is 12.4 Å². The van der Waals surface area contributed by atoms with Crippen LogP contribution in [-0.4, -0.2) is 55.3 Å². The molecule has 5 rings (SSSR count). The minimum absolute atomic E-state index is 0.104. The number of hydrogen-bond donors (Lipinski definition) is 4. The third-order valence-corrected chi connectivity index (χ3v) is 5.81. The van der Waals surface area contributed by atoms with Gasteiger partial charge in [0.2, 0.25) is 11.7 Å². The number of carboxylic acid groups (broad SMARTS) is 1. The van der Waals surface area contributed by atoms with Gasteiger partial charge in [-0.25, -0.2) is 0 Å². The molecule has 4 N–H and O–H groups in total. The van der Waals surface area contributed by atoms with Gasteiger partial charge in [0.25, 0.3) is 11.5 Å². The van der Waals surface area contributed by atoms with Crippen molar-refractivity contribution in [2.24, 2.45) is 5.92 Å². The molecule has 1 aromatic carbocycles. The van der Waals surface area contributed by atoms with Crippen LogP contribution in [0.15, 0.2) is 47.3 Å². The first-order valence-corrected chi connectivity index (χ1v) is 10.7. The van der Waals surface area contributed by atoms with Crippen molar-refractivity contribution in [1.29, 1.82) is 0 Å². The van der Waals surface area contributed by atoms with Crippen molar-refractivity contribution in [3.8, 4) is 11.4 Å². The lowest BCUT2D eigenvalue weighted by atomic mass is 9.79. The Morgan fingerprint density at radius 1 is 1.21 bits per heavy atom. The number of nitrogens with one attached hydrogen (secondary N) is 3. The zero-order chi connectivity index (χ0) is 23.4. The van der Waals surface area contributed by atoms with Crippen molar-refractivity contribution < 1.29 is 14.7 Å². The van der Waals surface area contributed by atoms with Gasteiger partial charge in [-0.15, -0.1) is 10.2 Å². The van der Waals surface area contributed by atoms with E-state index in [2.05, 4.69) is 31.3 Å². The molecule has 2 aliphatic heterocycles. The van der Waals surface area contributed by atoms with Crippen molar-refractivity contribution in [3.05, 3.63) is 64.1 Å². The lowest BCUT2D eigenvalue weighted by Gasteiger charge is -2.42. The highest BCUT2D eigenvalue weighted by Crippen LogP contribution is 2.38. The number of rotatable bonds is 4. The number of amides is 1. The van der Waals surface area contributed by atoms with E-state index in [-0.39, 0.29) is 23.3 Å². The fourth-order valence-electron chi connectivity index (χ4n) is 4.53. The zero-order valence-corrected chi connectivity index (χ0v) is 18.1. The van der Waals surface area contributed by atoms with Crippen molar-refractivity contribution >= 4 is 11.9 Å². The smallest absolute Gasteiger partial charge is 0.300 e. The van der Waals surface area contributed by atoms with E-state index >= 15 is 0 Å². The first kappa shape index (κ1) is 22.3. The van der Waals surface area contributed by atoms with E-state index in [0.717, 1.165) is 43.3 Å². The number of carboxylic acids is 1. The summed E-state index contributed by atoms with van der Waals surface area (Å²) >= 11 is 0. The number of carbonyl (C=O) groups is 2. The molecule has 2 bridgehead atoms. The van der Waals surface area contributed by atoms with Crippen LogP contribution in [-0.2, 0) is 16.1 Å². The molecule has 4 heterocycles. The lowest BCUT2D eigenvalue weighted by molar-refractivity contribution is -0.134. The average molecular weight is 451 g/mol. The van der Waals surface area contributed by atoms with E-state index in [9.17, 15) is 9.59 Å². The number of nitrogens with zero attached hydrogens (tertiary/aromatic N) is 4. The Morgan fingerprint density at radius 3 is 2.76 bits per heavy atom. The fourth-order valence-corrected chi connectivity index (χ4v) is 4.53. The molecule has 3 atom stereocenters. The van der Waals surface area contributed by atoms with E-state index in [1.54, 1.807) is 10.6 Å². The number of piperidine rings is 1. The largest absolute Gasteiger partial charge is 0.481 e. The molecular formula is C22H25N7O4. The summed E-state index contributed by atoms with van der Waals surface area (Å²) in [6.07, 6.45) is 0.919. The quantitative estimate of drug-likeness (QED) is 0.451. The minimum Gasteiger partial charge on any atom is -0.481 e. The summed E-state index contributed by atoms with van der Waals surface area (Å²) in [5, 5.41) is 27.8. The van der Waals surface area contributed by atoms with Gasteiger partial charge in [0.05, 0.1) is 0 Å². The third-order valence-electron chi connectivity index (χ3n) is 5.81. The van der Waals surface area contributed by atoms with E-state index < -0.39 is 12.0 Å². The Bertz CT molecular complexity index is 1190. The Balaban J connectivity index is 0.000000601. The van der Waals surface area contributed by atoms with Crippen LogP contribution in [0.3, 0.4) is 0 Å². The van der Waals surface area contributed by atoms with Crippen molar-refractivity contribution in [1.82, 2.24) is 35.8 Å². The highest BCUT2D eigenvalue weighted by atomic mass is 16.4. The van der Waals surface area contributed by atoms with Crippen LogP contribution in [0.5, 0.6) is 0 Å². The minimum atomic E-state index is -0.833.